The van der Waals surface area contributed by atoms with Crippen LogP contribution in [0.5, 0.6) is 0 Å². The van der Waals surface area contributed by atoms with Crippen molar-refractivity contribution in [1.29, 1.82) is 0 Å². The summed E-state index contributed by atoms with van der Waals surface area (Å²) in [4.78, 5) is 24.7. The Bertz CT molecular complexity index is 1160. The highest BCUT2D eigenvalue weighted by molar-refractivity contribution is 5.70. The first-order valence-corrected chi connectivity index (χ1v) is 38.1. The van der Waals surface area contributed by atoms with Crippen LogP contribution in [0.15, 0.2) is 0 Å². The van der Waals surface area contributed by atoms with E-state index in [0.29, 0.717) is 12.8 Å². The van der Waals surface area contributed by atoms with E-state index in [9.17, 15) is 14.7 Å². The van der Waals surface area contributed by atoms with Crippen molar-refractivity contribution < 1.29 is 24.2 Å². The van der Waals surface area contributed by atoms with Crippen LogP contribution in [0, 0.1) is 0 Å². The smallest absolute Gasteiger partial charge is 0.306 e. The van der Waals surface area contributed by atoms with E-state index in [1.165, 1.54) is 398 Å². The number of aliphatic hydroxyl groups excluding tert-OH is 1. The molecule has 0 radical (unpaired) electrons. The molecule has 0 aliphatic rings. The minimum atomic E-state index is -0.766. The quantitative estimate of drug-likeness (QED) is 0.0485. The highest BCUT2D eigenvalue weighted by atomic mass is 16.6. The first-order valence-electron chi connectivity index (χ1n) is 38.1. The standard InChI is InChI=1S/C76H150O5/c1-3-5-7-9-11-13-15-17-19-21-23-25-27-29-31-33-35-37-39-41-43-45-47-49-51-53-55-57-59-61-63-65-67-69-71-76(79)81-74(72-77)73-80-75(78)70-68-66-64-62-60-58-56-54-52-50-48-46-44-42-40-38-36-34-32-30-28-26-24-22-20-18-16-14-12-10-8-6-4-2/h74,77H,3-73H2,1-2H3. The third-order valence-electron chi connectivity index (χ3n) is 18.2. The summed E-state index contributed by atoms with van der Waals surface area (Å²) in [7, 11) is 0. The molecule has 0 aromatic rings. The predicted octanol–water partition coefficient (Wildman–Crippen LogP) is 26.4. The van der Waals surface area contributed by atoms with Crippen molar-refractivity contribution >= 4 is 11.9 Å². The summed E-state index contributed by atoms with van der Waals surface area (Å²) in [6.07, 6.45) is 93.3. The van der Waals surface area contributed by atoms with E-state index < -0.39 is 6.10 Å². The van der Waals surface area contributed by atoms with E-state index in [1.807, 2.05) is 0 Å². The zero-order valence-corrected chi connectivity index (χ0v) is 55.9. The van der Waals surface area contributed by atoms with Crippen LogP contribution >= 0.6 is 0 Å². The molecule has 0 fully saturated rings. The average molecular weight is 1140 g/mol. The van der Waals surface area contributed by atoms with Crippen LogP contribution < -0.4 is 0 Å². The fourth-order valence-corrected chi connectivity index (χ4v) is 12.4. The second-order valence-corrected chi connectivity index (χ2v) is 26.5. The lowest BCUT2D eigenvalue weighted by molar-refractivity contribution is -0.161. The number of hydrogen-bond acceptors (Lipinski definition) is 5. The Kier molecular flexibility index (Phi) is 72.2. The maximum Gasteiger partial charge on any atom is 0.306 e. The highest BCUT2D eigenvalue weighted by Gasteiger charge is 2.16. The van der Waals surface area contributed by atoms with Crippen molar-refractivity contribution in [3.05, 3.63) is 0 Å². The van der Waals surface area contributed by atoms with Gasteiger partial charge in [0.25, 0.3) is 0 Å². The molecule has 0 bridgehead atoms. The van der Waals surface area contributed by atoms with E-state index in [1.54, 1.807) is 0 Å². The van der Waals surface area contributed by atoms with Gasteiger partial charge < -0.3 is 14.6 Å². The van der Waals surface area contributed by atoms with Gasteiger partial charge in [0.2, 0.25) is 0 Å². The molecule has 0 rings (SSSR count). The summed E-state index contributed by atoms with van der Waals surface area (Å²) in [6, 6.07) is 0. The van der Waals surface area contributed by atoms with E-state index in [-0.39, 0.29) is 25.2 Å². The molecule has 484 valence electrons. The van der Waals surface area contributed by atoms with Gasteiger partial charge in [-0.3, -0.25) is 9.59 Å². The second kappa shape index (κ2) is 73.2. The molecule has 0 amide bonds. The number of carbonyl (C=O) groups is 2. The first kappa shape index (κ1) is 79.9. The third kappa shape index (κ3) is 71.3. The number of carbonyl (C=O) groups excluding carboxylic acids is 2. The van der Waals surface area contributed by atoms with Gasteiger partial charge in [0.15, 0.2) is 6.10 Å². The summed E-state index contributed by atoms with van der Waals surface area (Å²) < 4.78 is 10.8. The number of rotatable bonds is 73. The van der Waals surface area contributed by atoms with Gasteiger partial charge in [0, 0.05) is 12.8 Å². The van der Waals surface area contributed by atoms with Gasteiger partial charge in [0.1, 0.15) is 6.61 Å². The van der Waals surface area contributed by atoms with Crippen LogP contribution in [0.25, 0.3) is 0 Å². The SMILES string of the molecule is CCCCCCCCCCCCCCCCCCCCCCCCCCCCCCCCCCCCC(=O)OC(CO)COC(=O)CCCCCCCCCCCCCCCCCCCCCCCCCCCCCCCCCCC. The van der Waals surface area contributed by atoms with E-state index in [4.69, 9.17) is 9.47 Å². The molecule has 0 aliphatic carbocycles. The minimum absolute atomic E-state index is 0.0551. The maximum atomic E-state index is 12.4. The van der Waals surface area contributed by atoms with Gasteiger partial charge in [-0.05, 0) is 12.8 Å². The molecule has 81 heavy (non-hydrogen) atoms. The molecular weight excluding hydrogens is 993 g/mol. The molecule has 1 atom stereocenters. The Balaban J connectivity index is 3.33. The van der Waals surface area contributed by atoms with Gasteiger partial charge in [-0.1, -0.05) is 431 Å². The normalized spacial score (nSPS) is 12.0. The second-order valence-electron chi connectivity index (χ2n) is 26.5. The lowest BCUT2D eigenvalue weighted by Crippen LogP contribution is -2.28. The van der Waals surface area contributed by atoms with Crippen molar-refractivity contribution in [3.8, 4) is 0 Å². The van der Waals surface area contributed by atoms with Crippen LogP contribution in [-0.4, -0.2) is 36.4 Å². The molecule has 0 spiro atoms. The fraction of sp³-hybridized carbons (Fsp3) is 0.974. The lowest BCUT2D eigenvalue weighted by Gasteiger charge is -2.15. The zero-order valence-electron chi connectivity index (χ0n) is 55.9. The fourth-order valence-electron chi connectivity index (χ4n) is 12.4. The predicted molar refractivity (Wildman–Crippen MR) is 358 cm³/mol. The van der Waals surface area contributed by atoms with Gasteiger partial charge >= 0.3 is 11.9 Å². The summed E-state index contributed by atoms with van der Waals surface area (Å²) in [6.45, 7) is 4.23. The molecular formula is C76H150O5. The van der Waals surface area contributed by atoms with Crippen molar-refractivity contribution in [1.82, 2.24) is 0 Å². The van der Waals surface area contributed by atoms with E-state index >= 15 is 0 Å². The number of hydrogen-bond donors (Lipinski definition) is 1. The van der Waals surface area contributed by atoms with Crippen molar-refractivity contribution in [3.63, 3.8) is 0 Å². The van der Waals surface area contributed by atoms with Gasteiger partial charge in [0.05, 0.1) is 6.61 Å². The monoisotopic (exact) mass is 1140 g/mol. The number of aliphatic hydroxyl groups is 1. The van der Waals surface area contributed by atoms with Crippen LogP contribution in [0.2, 0.25) is 0 Å². The Morgan fingerprint density at radius 3 is 0.543 bits per heavy atom. The van der Waals surface area contributed by atoms with Crippen molar-refractivity contribution in [2.75, 3.05) is 13.2 Å². The van der Waals surface area contributed by atoms with Crippen LogP contribution in [0.1, 0.15) is 457 Å². The molecule has 0 aromatic heterocycles. The molecule has 0 aliphatic heterocycles. The average Bonchev–Trinajstić information content (AvgIpc) is 3.47. The maximum absolute atomic E-state index is 12.4. The molecule has 0 saturated carbocycles. The Morgan fingerprint density at radius 1 is 0.235 bits per heavy atom. The first-order chi connectivity index (χ1) is 40.1. The molecule has 1 N–H and O–H groups in total. The number of unbranched alkanes of at least 4 members (excludes halogenated alkanes) is 65. The van der Waals surface area contributed by atoms with Crippen LogP contribution in [0.3, 0.4) is 0 Å². The van der Waals surface area contributed by atoms with Crippen LogP contribution in [-0.2, 0) is 19.1 Å². The molecule has 1 unspecified atom stereocenters. The summed E-state index contributed by atoms with van der Waals surface area (Å²) in [5, 5.41) is 9.72. The largest absolute Gasteiger partial charge is 0.462 e. The van der Waals surface area contributed by atoms with Crippen molar-refractivity contribution in [2.24, 2.45) is 0 Å². The molecule has 5 nitrogen and oxygen atoms in total. The summed E-state index contributed by atoms with van der Waals surface area (Å²) >= 11 is 0. The van der Waals surface area contributed by atoms with Gasteiger partial charge in [-0.25, -0.2) is 0 Å². The molecule has 0 aromatic carbocycles. The van der Waals surface area contributed by atoms with Gasteiger partial charge in [-0.15, -0.1) is 0 Å². The van der Waals surface area contributed by atoms with Gasteiger partial charge in [-0.2, -0.15) is 0 Å². The van der Waals surface area contributed by atoms with Crippen molar-refractivity contribution in [2.45, 2.75) is 463 Å². The Labute approximate surface area is 509 Å². The Morgan fingerprint density at radius 2 is 0.383 bits per heavy atom. The topological polar surface area (TPSA) is 72.8 Å². The van der Waals surface area contributed by atoms with E-state index in [0.717, 1.165) is 32.1 Å². The molecule has 0 heterocycles. The third-order valence-corrected chi connectivity index (χ3v) is 18.2. The summed E-state index contributed by atoms with van der Waals surface area (Å²) in [5.41, 5.74) is 0. The molecule has 0 saturated heterocycles. The number of ether oxygens (including phenoxy) is 2. The highest BCUT2D eigenvalue weighted by Crippen LogP contribution is 2.21. The molecule has 5 heteroatoms. The minimum Gasteiger partial charge on any atom is -0.462 e. The number of esters is 2. The lowest BCUT2D eigenvalue weighted by atomic mass is 10.0. The van der Waals surface area contributed by atoms with E-state index in [2.05, 4.69) is 13.8 Å². The Hall–Kier alpha value is -1.10. The zero-order chi connectivity index (χ0) is 58.4. The summed E-state index contributed by atoms with van der Waals surface area (Å²) in [5.74, 6) is -0.556. The van der Waals surface area contributed by atoms with Crippen LogP contribution in [0.4, 0.5) is 0 Å².